The van der Waals surface area contributed by atoms with Crippen molar-refractivity contribution in [3.05, 3.63) is 35.8 Å². The summed E-state index contributed by atoms with van der Waals surface area (Å²) < 4.78 is 26.3. The van der Waals surface area contributed by atoms with Gasteiger partial charge in [-0.2, -0.15) is 5.10 Å². The summed E-state index contributed by atoms with van der Waals surface area (Å²) in [4.78, 5) is 32.5. The third kappa shape index (κ3) is 12.3. The van der Waals surface area contributed by atoms with E-state index in [2.05, 4.69) is 64.9 Å². The van der Waals surface area contributed by atoms with Crippen LogP contribution in [0.4, 0.5) is 21.1 Å². The standard InChI is InChI=1S/C39H67N5O6Si/c1-26(41-34(45)48-37(6,7)8)20-22-47-27(2)31-24-29(19-21-40-31)43(35(46)49-38(9,10)11)33-25-32(42-44(33)36(3,4)5)28-17-18-30(23-28)50-51(15,16)39(12,13)14/h19,21,24-28,30H,17-18,20,22-23H2,1-16H3,(H,41,45)/t26-,27+,28-,30+/m0/s1. The van der Waals surface area contributed by atoms with Gasteiger partial charge < -0.3 is 24.0 Å². The average molecular weight is 730 g/mol. The molecule has 0 bridgehead atoms. The maximum Gasteiger partial charge on any atom is 0.420 e. The molecule has 2 aromatic rings. The Morgan fingerprint density at radius 3 is 2.16 bits per heavy atom. The van der Waals surface area contributed by atoms with Gasteiger partial charge in [-0.1, -0.05) is 20.8 Å². The highest BCUT2D eigenvalue weighted by Crippen LogP contribution is 2.44. The molecule has 11 nitrogen and oxygen atoms in total. The largest absolute Gasteiger partial charge is 0.444 e. The number of pyridine rings is 1. The SMILES string of the molecule is C[C@@H](CCO[C@H](C)c1cc(N(C(=O)OC(C)(C)C)c2cc([C@H]3CC[C@@H](O[Si](C)(C)C(C)(C)C)C3)nn2C(C)(C)C)ccn1)NC(=O)OC(C)(C)C. The van der Waals surface area contributed by atoms with E-state index in [-0.39, 0.29) is 29.2 Å². The molecule has 4 atom stereocenters. The van der Waals surface area contributed by atoms with E-state index in [0.29, 0.717) is 30.2 Å². The summed E-state index contributed by atoms with van der Waals surface area (Å²) in [5.74, 6) is 0.851. The highest BCUT2D eigenvalue weighted by molar-refractivity contribution is 6.74. The number of ether oxygens (including phenoxy) is 3. The van der Waals surface area contributed by atoms with Crippen molar-refractivity contribution in [1.29, 1.82) is 0 Å². The first-order valence-electron chi connectivity index (χ1n) is 18.6. The van der Waals surface area contributed by atoms with Crippen LogP contribution in [0.1, 0.15) is 146 Å². The van der Waals surface area contributed by atoms with Gasteiger partial charge in [0.15, 0.2) is 8.32 Å². The maximum atomic E-state index is 14.1. The van der Waals surface area contributed by atoms with Crippen LogP contribution in [0.15, 0.2) is 24.4 Å². The fraction of sp³-hybridized carbons (Fsp3) is 0.744. The smallest absolute Gasteiger partial charge is 0.420 e. The minimum Gasteiger partial charge on any atom is -0.444 e. The van der Waals surface area contributed by atoms with Gasteiger partial charge in [-0.25, -0.2) is 19.2 Å². The molecular weight excluding hydrogens is 663 g/mol. The van der Waals surface area contributed by atoms with Crippen LogP contribution in [0, 0.1) is 0 Å². The molecule has 1 aliphatic rings. The molecule has 0 aliphatic heterocycles. The van der Waals surface area contributed by atoms with Crippen LogP contribution in [0.25, 0.3) is 0 Å². The number of hydrogen-bond acceptors (Lipinski definition) is 8. The summed E-state index contributed by atoms with van der Waals surface area (Å²) in [5.41, 5.74) is 0.504. The van der Waals surface area contributed by atoms with Crippen molar-refractivity contribution in [3.63, 3.8) is 0 Å². The van der Waals surface area contributed by atoms with Crippen molar-refractivity contribution in [2.45, 2.75) is 182 Å². The number of carbonyl (C=O) groups excluding carboxylic acids is 2. The number of nitrogens with one attached hydrogen (secondary N) is 1. The molecule has 2 heterocycles. The number of alkyl carbamates (subject to hydrolysis) is 1. The van der Waals surface area contributed by atoms with Gasteiger partial charge in [0.1, 0.15) is 17.0 Å². The van der Waals surface area contributed by atoms with Crippen molar-refractivity contribution in [2.75, 3.05) is 11.5 Å². The highest BCUT2D eigenvalue weighted by Gasteiger charge is 2.42. The molecule has 288 valence electrons. The van der Waals surface area contributed by atoms with Gasteiger partial charge in [-0.3, -0.25) is 4.98 Å². The zero-order valence-corrected chi connectivity index (χ0v) is 35.4. The summed E-state index contributed by atoms with van der Waals surface area (Å²) in [6.45, 7) is 33.0. The monoisotopic (exact) mass is 729 g/mol. The van der Waals surface area contributed by atoms with Crippen molar-refractivity contribution in [1.82, 2.24) is 20.1 Å². The lowest BCUT2D eigenvalue weighted by molar-refractivity contribution is 0.0434. The van der Waals surface area contributed by atoms with Crippen LogP contribution in [-0.2, 0) is 24.2 Å². The molecule has 2 amide bonds. The zero-order valence-electron chi connectivity index (χ0n) is 34.4. The quantitative estimate of drug-likeness (QED) is 0.227. The van der Waals surface area contributed by atoms with Crippen molar-refractivity contribution in [3.8, 4) is 0 Å². The molecule has 1 fully saturated rings. The van der Waals surface area contributed by atoms with Crippen LogP contribution >= 0.6 is 0 Å². The summed E-state index contributed by atoms with van der Waals surface area (Å²) >= 11 is 0. The molecule has 1 saturated carbocycles. The van der Waals surface area contributed by atoms with Gasteiger partial charge in [0.05, 0.1) is 28.7 Å². The molecule has 12 heteroatoms. The van der Waals surface area contributed by atoms with Crippen molar-refractivity contribution >= 4 is 32.0 Å². The van der Waals surface area contributed by atoms with Crippen LogP contribution in [0.3, 0.4) is 0 Å². The Labute approximate surface area is 308 Å². The lowest BCUT2D eigenvalue weighted by atomic mass is 10.0. The van der Waals surface area contributed by atoms with E-state index >= 15 is 0 Å². The summed E-state index contributed by atoms with van der Waals surface area (Å²) in [6.07, 6.45) is 4.01. The Morgan fingerprint density at radius 2 is 1.59 bits per heavy atom. The van der Waals surface area contributed by atoms with E-state index in [4.69, 9.17) is 23.7 Å². The molecule has 2 aromatic heterocycles. The summed E-state index contributed by atoms with van der Waals surface area (Å²) in [5, 5.41) is 8.16. The van der Waals surface area contributed by atoms with Gasteiger partial charge in [0, 0.05) is 36.9 Å². The third-order valence-electron chi connectivity index (χ3n) is 9.34. The zero-order chi connectivity index (χ0) is 38.7. The van der Waals surface area contributed by atoms with Gasteiger partial charge in [0.2, 0.25) is 0 Å². The van der Waals surface area contributed by atoms with Crippen LogP contribution in [0.5, 0.6) is 0 Å². The Balaban J connectivity index is 1.90. The van der Waals surface area contributed by atoms with Gasteiger partial charge in [0.25, 0.3) is 0 Å². The van der Waals surface area contributed by atoms with Gasteiger partial charge >= 0.3 is 12.2 Å². The molecule has 0 unspecified atom stereocenters. The Morgan fingerprint density at radius 1 is 0.961 bits per heavy atom. The number of rotatable bonds is 11. The first kappa shape index (κ1) is 42.4. The topological polar surface area (TPSA) is 117 Å². The van der Waals surface area contributed by atoms with Crippen molar-refractivity contribution < 1.29 is 28.2 Å². The molecule has 0 saturated heterocycles. The first-order chi connectivity index (χ1) is 23.2. The molecule has 1 N–H and O–H groups in total. The van der Waals surface area contributed by atoms with E-state index in [1.807, 2.05) is 78.3 Å². The number of carbonyl (C=O) groups is 2. The predicted molar refractivity (Wildman–Crippen MR) is 206 cm³/mol. The molecular formula is C39H67N5O6Si. The number of amides is 2. The predicted octanol–water partition coefficient (Wildman–Crippen LogP) is 10.1. The Kier molecular flexibility index (Phi) is 13.3. The number of aromatic nitrogens is 3. The van der Waals surface area contributed by atoms with Crippen LogP contribution < -0.4 is 10.2 Å². The fourth-order valence-corrected chi connectivity index (χ4v) is 7.08. The minimum atomic E-state index is -1.91. The lowest BCUT2D eigenvalue weighted by Gasteiger charge is -2.38. The van der Waals surface area contributed by atoms with E-state index in [0.717, 1.165) is 25.0 Å². The minimum absolute atomic E-state index is 0.142. The average Bonchev–Trinajstić information content (AvgIpc) is 3.58. The highest BCUT2D eigenvalue weighted by atomic mass is 28.4. The van der Waals surface area contributed by atoms with Crippen LogP contribution in [0.2, 0.25) is 18.1 Å². The van der Waals surface area contributed by atoms with Crippen LogP contribution in [-0.4, -0.2) is 65.2 Å². The Bertz CT molecular complexity index is 1480. The molecule has 0 radical (unpaired) electrons. The molecule has 1 aliphatic carbocycles. The molecule has 0 spiro atoms. The van der Waals surface area contributed by atoms with Crippen molar-refractivity contribution in [2.24, 2.45) is 0 Å². The number of nitrogens with zero attached hydrogens (tertiary/aromatic N) is 4. The van der Waals surface area contributed by atoms with E-state index in [1.54, 1.807) is 11.1 Å². The first-order valence-corrected chi connectivity index (χ1v) is 21.5. The molecule has 3 rings (SSSR count). The molecule has 0 aromatic carbocycles. The van der Waals surface area contributed by atoms with E-state index < -0.39 is 37.2 Å². The number of hydrogen-bond donors (Lipinski definition) is 1. The second-order valence-electron chi connectivity index (χ2n) is 18.6. The fourth-order valence-electron chi connectivity index (χ4n) is 5.68. The van der Waals surface area contributed by atoms with Gasteiger partial charge in [-0.15, -0.1) is 0 Å². The third-order valence-corrected chi connectivity index (χ3v) is 13.9. The van der Waals surface area contributed by atoms with E-state index in [9.17, 15) is 9.59 Å². The summed E-state index contributed by atoms with van der Waals surface area (Å²) in [7, 11) is -1.91. The van der Waals surface area contributed by atoms with Gasteiger partial charge in [-0.05, 0) is 132 Å². The lowest BCUT2D eigenvalue weighted by Crippen LogP contribution is -2.43. The second kappa shape index (κ2) is 16.0. The normalized spacial score (nSPS) is 18.7. The van der Waals surface area contributed by atoms with E-state index in [1.165, 1.54) is 0 Å². The summed E-state index contributed by atoms with van der Waals surface area (Å²) in [6, 6.07) is 5.59. The maximum absolute atomic E-state index is 14.1. The number of anilines is 2. The second-order valence-corrected chi connectivity index (χ2v) is 23.4. The Hall–Kier alpha value is -2.96. The molecule has 51 heavy (non-hydrogen) atoms.